The summed E-state index contributed by atoms with van der Waals surface area (Å²) in [6, 6.07) is 4.43. The number of fused-ring (bicyclic) bond motifs is 1. The quantitative estimate of drug-likeness (QED) is 0.762. The predicted molar refractivity (Wildman–Crippen MR) is 99.1 cm³/mol. The highest BCUT2D eigenvalue weighted by Crippen LogP contribution is 2.38. The lowest BCUT2D eigenvalue weighted by atomic mass is 9.95. The molecule has 2 nitrogen and oxygen atoms in total. The van der Waals surface area contributed by atoms with Crippen molar-refractivity contribution in [2.24, 2.45) is 0 Å². The van der Waals surface area contributed by atoms with Gasteiger partial charge in [-0.15, -0.1) is 0 Å². The zero-order valence-corrected chi connectivity index (χ0v) is 14.2. The van der Waals surface area contributed by atoms with E-state index in [9.17, 15) is 0 Å². The summed E-state index contributed by atoms with van der Waals surface area (Å²) < 4.78 is 6.31. The number of hydrogen-bond donors (Lipinski definition) is 1. The molecule has 0 saturated carbocycles. The van der Waals surface area contributed by atoms with Crippen LogP contribution < -0.4 is 5.32 Å². The number of benzene rings is 1. The first-order chi connectivity index (χ1) is 11.1. The molecule has 1 aliphatic heterocycles. The summed E-state index contributed by atoms with van der Waals surface area (Å²) in [4.78, 5) is 0. The molecule has 0 aliphatic carbocycles. The number of nitrogens with one attached hydrogen (secondary N) is 1. The van der Waals surface area contributed by atoms with Crippen LogP contribution in [-0.4, -0.2) is 0 Å². The van der Waals surface area contributed by atoms with E-state index in [1.165, 1.54) is 16.7 Å². The first kappa shape index (κ1) is 15.4. The summed E-state index contributed by atoms with van der Waals surface area (Å²) in [5.74, 6) is 0.913. The summed E-state index contributed by atoms with van der Waals surface area (Å²) in [5.41, 5.74) is 6.83. The Morgan fingerprint density at radius 3 is 2.74 bits per heavy atom. The molecule has 0 saturated heterocycles. The van der Waals surface area contributed by atoms with E-state index >= 15 is 0 Å². The highest BCUT2D eigenvalue weighted by molar-refractivity contribution is 5.94. The van der Waals surface area contributed by atoms with Crippen molar-refractivity contribution in [2.45, 2.75) is 33.7 Å². The molecule has 1 atom stereocenters. The fourth-order valence-electron chi connectivity index (χ4n) is 3.13. The Morgan fingerprint density at radius 1 is 1.30 bits per heavy atom. The van der Waals surface area contributed by atoms with Crippen LogP contribution in [0.25, 0.3) is 22.6 Å². The molecule has 2 aromatic rings. The average molecular weight is 305 g/mol. The monoisotopic (exact) mass is 305 g/mol. The van der Waals surface area contributed by atoms with Gasteiger partial charge in [-0.05, 0) is 51.1 Å². The van der Waals surface area contributed by atoms with Crippen molar-refractivity contribution in [1.29, 1.82) is 0 Å². The zero-order chi connectivity index (χ0) is 16.6. The van der Waals surface area contributed by atoms with E-state index in [0.717, 1.165) is 27.9 Å². The Morgan fingerprint density at radius 2 is 2.09 bits per heavy atom. The van der Waals surface area contributed by atoms with Crippen molar-refractivity contribution in [3.63, 3.8) is 0 Å². The fraction of sp³-hybridized carbons (Fsp3) is 0.238. The first-order valence-corrected chi connectivity index (χ1v) is 7.99. The van der Waals surface area contributed by atoms with Gasteiger partial charge in [-0.1, -0.05) is 42.5 Å². The molecule has 1 aromatic heterocycles. The van der Waals surface area contributed by atoms with Gasteiger partial charge in [-0.2, -0.15) is 0 Å². The van der Waals surface area contributed by atoms with Gasteiger partial charge in [0.25, 0.3) is 0 Å². The molecule has 0 spiro atoms. The van der Waals surface area contributed by atoms with Gasteiger partial charge in [-0.3, -0.25) is 0 Å². The van der Waals surface area contributed by atoms with Crippen LogP contribution in [0.5, 0.6) is 0 Å². The molecule has 118 valence electrons. The molecule has 0 amide bonds. The van der Waals surface area contributed by atoms with Crippen molar-refractivity contribution in [2.75, 3.05) is 0 Å². The Labute approximate surface area is 137 Å². The van der Waals surface area contributed by atoms with Crippen LogP contribution in [0.4, 0.5) is 0 Å². The van der Waals surface area contributed by atoms with Gasteiger partial charge in [0.05, 0.1) is 6.04 Å². The van der Waals surface area contributed by atoms with Crippen molar-refractivity contribution < 1.29 is 4.42 Å². The molecule has 1 aromatic carbocycles. The maximum Gasteiger partial charge on any atom is 0.141 e. The van der Waals surface area contributed by atoms with Gasteiger partial charge >= 0.3 is 0 Å². The van der Waals surface area contributed by atoms with Crippen molar-refractivity contribution in [3.05, 3.63) is 71.2 Å². The minimum atomic E-state index is 0.131. The molecule has 0 bridgehead atoms. The van der Waals surface area contributed by atoms with Crippen molar-refractivity contribution >= 4 is 22.6 Å². The molecule has 3 rings (SSSR count). The summed E-state index contributed by atoms with van der Waals surface area (Å²) >= 11 is 0. The second-order valence-corrected chi connectivity index (χ2v) is 6.08. The number of furan rings is 1. The predicted octanol–water partition coefficient (Wildman–Crippen LogP) is 5.91. The third-order valence-electron chi connectivity index (χ3n) is 4.51. The highest BCUT2D eigenvalue weighted by Gasteiger charge is 2.21. The van der Waals surface area contributed by atoms with Crippen LogP contribution in [0.15, 0.2) is 53.1 Å². The smallest absolute Gasteiger partial charge is 0.141 e. The minimum absolute atomic E-state index is 0.131. The average Bonchev–Trinajstić information content (AvgIpc) is 2.92. The molecule has 23 heavy (non-hydrogen) atoms. The molecular weight excluding hydrogens is 282 g/mol. The zero-order valence-electron chi connectivity index (χ0n) is 14.2. The van der Waals surface area contributed by atoms with E-state index in [4.69, 9.17) is 4.42 Å². The third kappa shape index (κ3) is 2.55. The second kappa shape index (κ2) is 5.96. The van der Waals surface area contributed by atoms with E-state index < -0.39 is 0 Å². The molecule has 0 fully saturated rings. The fourth-order valence-corrected chi connectivity index (χ4v) is 3.13. The van der Waals surface area contributed by atoms with E-state index in [1.54, 1.807) is 0 Å². The summed E-state index contributed by atoms with van der Waals surface area (Å²) in [6.45, 7) is 12.3. The van der Waals surface area contributed by atoms with Gasteiger partial charge < -0.3 is 9.73 Å². The lowest BCUT2D eigenvalue weighted by Gasteiger charge is -2.20. The first-order valence-electron chi connectivity index (χ1n) is 7.99. The summed E-state index contributed by atoms with van der Waals surface area (Å²) in [5, 5.41) is 4.56. The molecule has 1 unspecified atom stereocenters. The SMILES string of the molecule is C=Cc1c(/C(C)=C\C)oc2c(C3C=C(C)C=CN3)c(C)ccc12. The van der Waals surface area contributed by atoms with Gasteiger partial charge in [0, 0.05) is 16.5 Å². The van der Waals surface area contributed by atoms with Gasteiger partial charge in [-0.25, -0.2) is 0 Å². The number of rotatable bonds is 3. The molecule has 0 radical (unpaired) electrons. The van der Waals surface area contributed by atoms with Crippen LogP contribution in [0.1, 0.15) is 49.3 Å². The second-order valence-electron chi connectivity index (χ2n) is 6.08. The van der Waals surface area contributed by atoms with Crippen molar-refractivity contribution in [3.8, 4) is 0 Å². The number of allylic oxidation sites excluding steroid dienone is 4. The van der Waals surface area contributed by atoms with E-state index in [-0.39, 0.29) is 6.04 Å². The van der Waals surface area contributed by atoms with Crippen molar-refractivity contribution in [1.82, 2.24) is 5.32 Å². The van der Waals surface area contributed by atoms with Gasteiger partial charge in [0.1, 0.15) is 11.3 Å². The third-order valence-corrected chi connectivity index (χ3v) is 4.51. The molecular formula is C21H23NO. The lowest BCUT2D eigenvalue weighted by Crippen LogP contribution is -2.17. The van der Waals surface area contributed by atoms with Gasteiger partial charge in [0.15, 0.2) is 0 Å². The topological polar surface area (TPSA) is 25.2 Å². The highest BCUT2D eigenvalue weighted by atomic mass is 16.3. The largest absolute Gasteiger partial charge is 0.455 e. The Bertz CT molecular complexity index is 862. The van der Waals surface area contributed by atoms with E-state index in [0.29, 0.717) is 0 Å². The van der Waals surface area contributed by atoms with E-state index in [2.05, 4.69) is 63.0 Å². The Balaban J connectivity index is 2.30. The number of hydrogen-bond acceptors (Lipinski definition) is 2. The maximum atomic E-state index is 6.31. The van der Waals surface area contributed by atoms with Gasteiger partial charge in [0.2, 0.25) is 0 Å². The van der Waals surface area contributed by atoms with Crippen LogP contribution in [0.2, 0.25) is 0 Å². The normalized spacial score (nSPS) is 18.0. The Hall–Kier alpha value is -2.48. The van der Waals surface area contributed by atoms with E-state index in [1.807, 2.05) is 19.2 Å². The van der Waals surface area contributed by atoms with Crippen LogP contribution in [0, 0.1) is 6.92 Å². The molecule has 2 heteroatoms. The molecule has 1 N–H and O–H groups in total. The summed E-state index contributed by atoms with van der Waals surface area (Å²) in [6.07, 6.45) is 10.3. The number of dihydropyridines is 1. The minimum Gasteiger partial charge on any atom is -0.455 e. The number of aryl methyl sites for hydroxylation is 1. The Kier molecular flexibility index (Phi) is 3.99. The standard InChI is InChI=1S/C21H23NO/c1-6-14(4)20-16(7-2)17-9-8-15(5)19(21(17)23-20)18-12-13(3)10-11-22-18/h6-12,18,22H,2H2,1,3-5H3/b14-6-. The van der Waals surface area contributed by atoms with Crippen LogP contribution in [0.3, 0.4) is 0 Å². The lowest BCUT2D eigenvalue weighted by molar-refractivity contribution is 0.586. The summed E-state index contributed by atoms with van der Waals surface area (Å²) in [7, 11) is 0. The maximum absolute atomic E-state index is 6.31. The van der Waals surface area contributed by atoms with Crippen LogP contribution >= 0.6 is 0 Å². The molecule has 1 aliphatic rings. The molecule has 2 heterocycles. The van der Waals surface area contributed by atoms with Crippen LogP contribution in [-0.2, 0) is 0 Å².